The zero-order chi connectivity index (χ0) is 13.7. The van der Waals surface area contributed by atoms with E-state index in [2.05, 4.69) is 5.32 Å². The van der Waals surface area contributed by atoms with Crippen LogP contribution < -0.4 is 5.32 Å². The molecule has 2 aromatic carbocycles. The van der Waals surface area contributed by atoms with E-state index in [9.17, 15) is 4.39 Å². The smallest absolute Gasteiger partial charge is 0.129 e. The molecule has 0 atom stereocenters. The average Bonchev–Trinajstić information content (AvgIpc) is 2.39. The summed E-state index contributed by atoms with van der Waals surface area (Å²) in [4.78, 5) is 0. The van der Waals surface area contributed by atoms with Crippen molar-refractivity contribution in [3.8, 4) is 0 Å². The lowest BCUT2D eigenvalue weighted by Crippen LogP contribution is -2.17. The van der Waals surface area contributed by atoms with Crippen molar-refractivity contribution in [3.63, 3.8) is 0 Å². The first-order valence-electron chi connectivity index (χ1n) is 6.04. The zero-order valence-corrected chi connectivity index (χ0v) is 11.8. The molecular weight excluding hydrogens is 284 g/mol. The van der Waals surface area contributed by atoms with E-state index in [-0.39, 0.29) is 5.82 Å². The quantitative estimate of drug-likeness (QED) is 0.803. The molecule has 0 unspecified atom stereocenters. The van der Waals surface area contributed by atoms with Crippen LogP contribution in [0.25, 0.3) is 0 Å². The molecule has 0 radical (unpaired) electrons. The minimum Gasteiger partial charge on any atom is -0.312 e. The van der Waals surface area contributed by atoms with Crippen LogP contribution in [0.3, 0.4) is 0 Å². The molecule has 0 aromatic heterocycles. The van der Waals surface area contributed by atoms with Gasteiger partial charge >= 0.3 is 0 Å². The molecule has 2 rings (SSSR count). The molecule has 0 amide bonds. The predicted octanol–water partition coefficient (Wildman–Crippen LogP) is 4.46. The van der Waals surface area contributed by atoms with E-state index < -0.39 is 0 Å². The van der Waals surface area contributed by atoms with Crippen LogP contribution in [0.2, 0.25) is 10.0 Å². The third-order valence-corrected chi connectivity index (χ3v) is 3.32. The first-order chi connectivity index (χ1) is 9.15. The van der Waals surface area contributed by atoms with Gasteiger partial charge in [-0.05, 0) is 42.8 Å². The summed E-state index contributed by atoms with van der Waals surface area (Å²) in [6.07, 6.45) is 0.881. The Morgan fingerprint density at radius 2 is 1.63 bits per heavy atom. The molecular formula is C15H14Cl2FN. The number of nitrogens with one attached hydrogen (secondary N) is 1. The van der Waals surface area contributed by atoms with Gasteiger partial charge in [-0.3, -0.25) is 0 Å². The fourth-order valence-electron chi connectivity index (χ4n) is 1.77. The SMILES string of the molecule is Fc1cc(Cl)ccc1CNCCc1ccc(Cl)cc1. The zero-order valence-electron chi connectivity index (χ0n) is 10.3. The monoisotopic (exact) mass is 297 g/mol. The molecule has 1 N–H and O–H groups in total. The summed E-state index contributed by atoms with van der Waals surface area (Å²) in [7, 11) is 0. The summed E-state index contributed by atoms with van der Waals surface area (Å²) in [6, 6.07) is 12.5. The van der Waals surface area contributed by atoms with Gasteiger partial charge in [0, 0.05) is 22.2 Å². The van der Waals surface area contributed by atoms with Crippen molar-refractivity contribution in [1.29, 1.82) is 0 Å². The third kappa shape index (κ3) is 4.50. The molecule has 0 aliphatic rings. The summed E-state index contributed by atoms with van der Waals surface area (Å²) < 4.78 is 13.5. The predicted molar refractivity (Wildman–Crippen MR) is 78.3 cm³/mol. The van der Waals surface area contributed by atoms with Crippen LogP contribution in [0.4, 0.5) is 4.39 Å². The molecule has 100 valence electrons. The Labute approximate surface area is 122 Å². The number of benzene rings is 2. The highest BCUT2D eigenvalue weighted by Crippen LogP contribution is 2.14. The summed E-state index contributed by atoms with van der Waals surface area (Å²) in [5, 5.41) is 4.36. The molecule has 1 nitrogen and oxygen atoms in total. The van der Waals surface area contributed by atoms with Crippen molar-refractivity contribution in [2.24, 2.45) is 0 Å². The van der Waals surface area contributed by atoms with Gasteiger partial charge in [0.05, 0.1) is 0 Å². The second kappa shape index (κ2) is 6.90. The van der Waals surface area contributed by atoms with E-state index in [4.69, 9.17) is 23.2 Å². The van der Waals surface area contributed by atoms with E-state index in [0.29, 0.717) is 17.1 Å². The van der Waals surface area contributed by atoms with Crippen molar-refractivity contribution in [2.75, 3.05) is 6.54 Å². The van der Waals surface area contributed by atoms with Crippen molar-refractivity contribution in [3.05, 3.63) is 69.5 Å². The molecule has 0 aliphatic carbocycles. The maximum Gasteiger partial charge on any atom is 0.129 e. The van der Waals surface area contributed by atoms with Crippen molar-refractivity contribution in [2.45, 2.75) is 13.0 Å². The molecule has 19 heavy (non-hydrogen) atoms. The van der Waals surface area contributed by atoms with Gasteiger partial charge in [-0.25, -0.2) is 4.39 Å². The second-order valence-corrected chi connectivity index (χ2v) is 5.16. The fraction of sp³-hybridized carbons (Fsp3) is 0.200. The lowest BCUT2D eigenvalue weighted by Gasteiger charge is -2.06. The number of hydrogen-bond donors (Lipinski definition) is 1. The molecule has 0 aliphatic heterocycles. The van der Waals surface area contributed by atoms with Crippen molar-refractivity contribution in [1.82, 2.24) is 5.32 Å². The number of halogens is 3. The number of rotatable bonds is 5. The summed E-state index contributed by atoms with van der Waals surface area (Å²) in [5.41, 5.74) is 1.83. The normalized spacial score (nSPS) is 10.7. The minimum absolute atomic E-state index is 0.272. The highest BCUT2D eigenvalue weighted by molar-refractivity contribution is 6.30. The Morgan fingerprint density at radius 3 is 2.32 bits per heavy atom. The summed E-state index contributed by atoms with van der Waals surface area (Å²) in [6.45, 7) is 1.28. The molecule has 0 fully saturated rings. The lowest BCUT2D eigenvalue weighted by molar-refractivity contribution is 0.588. The van der Waals surface area contributed by atoms with Crippen LogP contribution in [0, 0.1) is 5.82 Å². The Kier molecular flexibility index (Phi) is 5.20. The fourth-order valence-corrected chi connectivity index (χ4v) is 2.06. The molecule has 0 bridgehead atoms. The maximum atomic E-state index is 13.5. The standard InChI is InChI=1S/C15H14Cl2FN/c16-13-4-1-11(2-5-13)7-8-19-10-12-3-6-14(17)9-15(12)18/h1-6,9,19H,7-8,10H2. The van der Waals surface area contributed by atoms with Gasteiger partial charge in [-0.2, -0.15) is 0 Å². The van der Waals surface area contributed by atoms with Crippen LogP contribution in [-0.2, 0) is 13.0 Å². The van der Waals surface area contributed by atoms with E-state index in [1.54, 1.807) is 12.1 Å². The van der Waals surface area contributed by atoms with Crippen LogP contribution in [0.1, 0.15) is 11.1 Å². The minimum atomic E-state index is -0.272. The van der Waals surface area contributed by atoms with Gasteiger partial charge in [0.1, 0.15) is 5.82 Å². The first kappa shape index (κ1) is 14.3. The van der Waals surface area contributed by atoms with Crippen LogP contribution in [0.5, 0.6) is 0 Å². The van der Waals surface area contributed by atoms with Crippen LogP contribution >= 0.6 is 23.2 Å². The maximum absolute atomic E-state index is 13.5. The Bertz CT molecular complexity index is 540. The van der Waals surface area contributed by atoms with E-state index in [1.807, 2.05) is 24.3 Å². The van der Waals surface area contributed by atoms with Gasteiger partial charge in [0.2, 0.25) is 0 Å². The van der Waals surface area contributed by atoms with Gasteiger partial charge in [-0.1, -0.05) is 41.4 Å². The van der Waals surface area contributed by atoms with Gasteiger partial charge in [0.15, 0.2) is 0 Å². The van der Waals surface area contributed by atoms with E-state index in [1.165, 1.54) is 11.6 Å². The molecule has 0 spiro atoms. The second-order valence-electron chi connectivity index (χ2n) is 4.29. The largest absolute Gasteiger partial charge is 0.312 e. The van der Waals surface area contributed by atoms with Crippen LogP contribution in [0.15, 0.2) is 42.5 Å². The Balaban J connectivity index is 1.79. The van der Waals surface area contributed by atoms with E-state index >= 15 is 0 Å². The lowest BCUT2D eigenvalue weighted by atomic mass is 10.1. The Morgan fingerprint density at radius 1 is 0.947 bits per heavy atom. The summed E-state index contributed by atoms with van der Waals surface area (Å²) in [5.74, 6) is -0.272. The highest BCUT2D eigenvalue weighted by atomic mass is 35.5. The van der Waals surface area contributed by atoms with Gasteiger partial charge < -0.3 is 5.32 Å². The third-order valence-electron chi connectivity index (χ3n) is 2.83. The molecule has 0 saturated carbocycles. The molecule has 2 aromatic rings. The van der Waals surface area contributed by atoms with Crippen LogP contribution in [-0.4, -0.2) is 6.54 Å². The molecule has 0 saturated heterocycles. The number of hydrogen-bond acceptors (Lipinski definition) is 1. The van der Waals surface area contributed by atoms with Crippen molar-refractivity contribution >= 4 is 23.2 Å². The van der Waals surface area contributed by atoms with Gasteiger partial charge in [0.25, 0.3) is 0 Å². The molecule has 4 heteroatoms. The van der Waals surface area contributed by atoms with Gasteiger partial charge in [-0.15, -0.1) is 0 Å². The Hall–Kier alpha value is -1.09. The highest BCUT2D eigenvalue weighted by Gasteiger charge is 2.02. The summed E-state index contributed by atoms with van der Waals surface area (Å²) >= 11 is 11.5. The average molecular weight is 298 g/mol. The van der Waals surface area contributed by atoms with Crippen molar-refractivity contribution < 1.29 is 4.39 Å². The first-order valence-corrected chi connectivity index (χ1v) is 6.80. The topological polar surface area (TPSA) is 12.0 Å². The molecule has 0 heterocycles. The van der Waals surface area contributed by atoms with E-state index in [0.717, 1.165) is 18.0 Å².